The topological polar surface area (TPSA) is 58.4 Å². The minimum Gasteiger partial charge on any atom is -0.507 e. The molecule has 0 atom stereocenters. The summed E-state index contributed by atoms with van der Waals surface area (Å²) in [5, 5.41) is 9.60. The van der Waals surface area contributed by atoms with Gasteiger partial charge in [0.25, 0.3) is 0 Å². The molecule has 2 rings (SSSR count). The molecule has 1 aromatic heterocycles. The van der Waals surface area contributed by atoms with E-state index in [4.69, 9.17) is 0 Å². The molecular weight excluding hydrogens is 261 g/mol. The number of halogens is 1. The SMILES string of the molecule is CN(CC(=O)c1cc(F)ccc1O)Cc1nccn1C. The van der Waals surface area contributed by atoms with Crippen molar-refractivity contribution in [3.05, 3.63) is 47.8 Å². The minimum absolute atomic E-state index is 0.00306. The van der Waals surface area contributed by atoms with E-state index in [1.54, 1.807) is 18.1 Å². The van der Waals surface area contributed by atoms with E-state index < -0.39 is 5.82 Å². The zero-order valence-corrected chi connectivity index (χ0v) is 11.4. The Labute approximate surface area is 116 Å². The molecule has 1 heterocycles. The second kappa shape index (κ2) is 5.83. The summed E-state index contributed by atoms with van der Waals surface area (Å²) in [5.74, 6) is -0.262. The van der Waals surface area contributed by atoms with Gasteiger partial charge in [0.15, 0.2) is 5.78 Å². The quantitative estimate of drug-likeness (QED) is 0.843. The predicted molar refractivity (Wildman–Crippen MR) is 71.9 cm³/mol. The summed E-state index contributed by atoms with van der Waals surface area (Å²) < 4.78 is 15.0. The summed E-state index contributed by atoms with van der Waals surface area (Å²) in [4.78, 5) is 18.0. The van der Waals surface area contributed by atoms with Gasteiger partial charge in [0.2, 0.25) is 0 Å². The van der Waals surface area contributed by atoms with Crippen molar-refractivity contribution >= 4 is 5.78 Å². The molecule has 0 amide bonds. The molecule has 0 bridgehead atoms. The smallest absolute Gasteiger partial charge is 0.180 e. The summed E-state index contributed by atoms with van der Waals surface area (Å²) in [6.45, 7) is 0.565. The Kier molecular flexibility index (Phi) is 4.14. The lowest BCUT2D eigenvalue weighted by molar-refractivity contribution is 0.0938. The highest BCUT2D eigenvalue weighted by Gasteiger charge is 2.15. The number of aryl methyl sites for hydroxylation is 1. The van der Waals surface area contributed by atoms with Gasteiger partial charge in [0, 0.05) is 19.4 Å². The zero-order valence-electron chi connectivity index (χ0n) is 11.4. The number of carbonyl (C=O) groups excluding carboxylic acids is 1. The van der Waals surface area contributed by atoms with Crippen LogP contribution in [0.5, 0.6) is 5.75 Å². The monoisotopic (exact) mass is 277 g/mol. The van der Waals surface area contributed by atoms with Crippen LogP contribution in [0.2, 0.25) is 0 Å². The Bertz CT molecular complexity index is 625. The molecule has 0 aliphatic carbocycles. The first-order chi connectivity index (χ1) is 9.47. The molecule has 0 unspecified atom stereocenters. The molecule has 0 aliphatic rings. The number of aromatic nitrogens is 2. The molecule has 20 heavy (non-hydrogen) atoms. The average Bonchev–Trinajstić information content (AvgIpc) is 2.77. The first kappa shape index (κ1) is 14.2. The largest absolute Gasteiger partial charge is 0.507 e. The van der Waals surface area contributed by atoms with Crippen LogP contribution in [-0.4, -0.2) is 38.9 Å². The van der Waals surface area contributed by atoms with Crippen molar-refractivity contribution in [2.24, 2.45) is 7.05 Å². The molecular formula is C14H16FN3O2. The number of phenolic OH excluding ortho intramolecular Hbond substituents is 1. The van der Waals surface area contributed by atoms with Crippen LogP contribution < -0.4 is 0 Å². The van der Waals surface area contributed by atoms with Gasteiger partial charge in [0.05, 0.1) is 18.7 Å². The summed E-state index contributed by atoms with van der Waals surface area (Å²) >= 11 is 0. The van der Waals surface area contributed by atoms with E-state index in [-0.39, 0.29) is 23.6 Å². The number of imidazole rings is 1. The van der Waals surface area contributed by atoms with Gasteiger partial charge in [0.1, 0.15) is 17.4 Å². The fraction of sp³-hybridized carbons (Fsp3) is 0.286. The van der Waals surface area contributed by atoms with E-state index in [0.717, 1.165) is 18.0 Å². The van der Waals surface area contributed by atoms with Gasteiger partial charge in [-0.15, -0.1) is 0 Å². The number of phenols is 1. The van der Waals surface area contributed by atoms with E-state index in [9.17, 15) is 14.3 Å². The van der Waals surface area contributed by atoms with Crippen molar-refractivity contribution in [2.45, 2.75) is 6.54 Å². The van der Waals surface area contributed by atoms with Crippen LogP contribution in [0.15, 0.2) is 30.6 Å². The van der Waals surface area contributed by atoms with Gasteiger partial charge in [-0.2, -0.15) is 0 Å². The van der Waals surface area contributed by atoms with Crippen molar-refractivity contribution in [3.63, 3.8) is 0 Å². The number of carbonyl (C=O) groups is 1. The van der Waals surface area contributed by atoms with Crippen molar-refractivity contribution in [3.8, 4) is 5.75 Å². The maximum atomic E-state index is 13.1. The van der Waals surface area contributed by atoms with Gasteiger partial charge in [-0.05, 0) is 25.2 Å². The van der Waals surface area contributed by atoms with E-state index in [1.807, 2.05) is 17.8 Å². The molecule has 0 fully saturated rings. The van der Waals surface area contributed by atoms with E-state index in [1.165, 1.54) is 6.07 Å². The summed E-state index contributed by atoms with van der Waals surface area (Å²) in [5.41, 5.74) is -0.00306. The van der Waals surface area contributed by atoms with Crippen LogP contribution in [0.1, 0.15) is 16.2 Å². The maximum absolute atomic E-state index is 13.1. The number of nitrogens with zero attached hydrogens (tertiary/aromatic N) is 3. The van der Waals surface area contributed by atoms with Crippen LogP contribution >= 0.6 is 0 Å². The summed E-state index contributed by atoms with van der Waals surface area (Å²) in [6, 6.07) is 3.34. The lowest BCUT2D eigenvalue weighted by Gasteiger charge is -2.15. The number of benzene rings is 1. The van der Waals surface area contributed by atoms with Gasteiger partial charge in [-0.1, -0.05) is 0 Å². The van der Waals surface area contributed by atoms with Gasteiger partial charge in [-0.3, -0.25) is 9.69 Å². The third-order valence-electron chi connectivity index (χ3n) is 3.00. The highest BCUT2D eigenvalue weighted by atomic mass is 19.1. The van der Waals surface area contributed by atoms with Crippen molar-refractivity contribution in [2.75, 3.05) is 13.6 Å². The Morgan fingerprint density at radius 1 is 1.50 bits per heavy atom. The first-order valence-corrected chi connectivity index (χ1v) is 6.14. The molecule has 1 N–H and O–H groups in total. The zero-order chi connectivity index (χ0) is 14.7. The molecule has 0 spiro atoms. The molecule has 2 aromatic rings. The molecule has 5 nitrogen and oxygen atoms in total. The highest BCUT2D eigenvalue weighted by Crippen LogP contribution is 2.18. The Morgan fingerprint density at radius 3 is 2.90 bits per heavy atom. The molecule has 6 heteroatoms. The fourth-order valence-electron chi connectivity index (χ4n) is 1.91. The molecule has 0 saturated carbocycles. The van der Waals surface area contributed by atoms with Crippen molar-refractivity contribution < 1.29 is 14.3 Å². The Hall–Kier alpha value is -2.21. The Balaban J connectivity index is 2.04. The van der Waals surface area contributed by atoms with Gasteiger partial charge in [-0.25, -0.2) is 9.37 Å². The van der Waals surface area contributed by atoms with Gasteiger partial charge < -0.3 is 9.67 Å². The van der Waals surface area contributed by atoms with Gasteiger partial charge >= 0.3 is 0 Å². The molecule has 0 radical (unpaired) electrons. The van der Waals surface area contributed by atoms with Crippen LogP contribution in [0.25, 0.3) is 0 Å². The number of hydrogen-bond donors (Lipinski definition) is 1. The fourth-order valence-corrected chi connectivity index (χ4v) is 1.91. The Morgan fingerprint density at radius 2 is 2.25 bits per heavy atom. The molecule has 0 aliphatic heterocycles. The van der Waals surface area contributed by atoms with Crippen LogP contribution in [-0.2, 0) is 13.6 Å². The number of likely N-dealkylation sites (N-methyl/N-ethyl adjacent to an activating group) is 1. The standard InChI is InChI=1S/C14H16FN3O2/c1-17(9-14-16-5-6-18(14)2)8-13(20)11-7-10(15)3-4-12(11)19/h3-7,19H,8-9H2,1-2H3. The number of hydrogen-bond acceptors (Lipinski definition) is 4. The molecule has 106 valence electrons. The van der Waals surface area contributed by atoms with Crippen LogP contribution in [0, 0.1) is 5.82 Å². The number of aromatic hydroxyl groups is 1. The maximum Gasteiger partial charge on any atom is 0.180 e. The third kappa shape index (κ3) is 3.21. The minimum atomic E-state index is -0.544. The van der Waals surface area contributed by atoms with Crippen molar-refractivity contribution in [1.29, 1.82) is 0 Å². The predicted octanol–water partition coefficient (Wildman–Crippen LogP) is 1.58. The highest BCUT2D eigenvalue weighted by molar-refractivity contribution is 5.99. The lowest BCUT2D eigenvalue weighted by atomic mass is 10.1. The molecule has 0 saturated heterocycles. The van der Waals surface area contributed by atoms with E-state index >= 15 is 0 Å². The molecule has 1 aromatic carbocycles. The van der Waals surface area contributed by atoms with Crippen molar-refractivity contribution in [1.82, 2.24) is 14.5 Å². The number of Topliss-reactive ketones (excluding diaryl/α,β-unsaturated/α-hetero) is 1. The second-order valence-electron chi connectivity index (χ2n) is 4.71. The van der Waals surface area contributed by atoms with E-state index in [0.29, 0.717) is 6.54 Å². The summed E-state index contributed by atoms with van der Waals surface area (Å²) in [6.07, 6.45) is 3.51. The summed E-state index contributed by atoms with van der Waals surface area (Å²) in [7, 11) is 3.64. The number of rotatable bonds is 5. The normalized spacial score (nSPS) is 11.0. The first-order valence-electron chi connectivity index (χ1n) is 6.14. The van der Waals surface area contributed by atoms with Crippen LogP contribution in [0.4, 0.5) is 4.39 Å². The average molecular weight is 277 g/mol. The third-order valence-corrected chi connectivity index (χ3v) is 3.00. The van der Waals surface area contributed by atoms with E-state index in [2.05, 4.69) is 4.98 Å². The number of ketones is 1. The van der Waals surface area contributed by atoms with Crippen LogP contribution in [0.3, 0.4) is 0 Å². The second-order valence-corrected chi connectivity index (χ2v) is 4.71. The lowest BCUT2D eigenvalue weighted by Crippen LogP contribution is -2.27.